The van der Waals surface area contributed by atoms with Gasteiger partial charge in [0.25, 0.3) is 11.8 Å². The topological polar surface area (TPSA) is 264 Å². The monoisotopic (exact) mass is 1190 g/mol. The predicted octanol–water partition coefficient (Wildman–Crippen LogP) is 8.05. The van der Waals surface area contributed by atoms with Gasteiger partial charge in [0.05, 0.1) is 59.4 Å². The van der Waals surface area contributed by atoms with Crippen LogP contribution in [0.15, 0.2) is 58.7 Å². The standard InChI is InChI=1S/C61H82N4O16S2/c1-38(2)14-9-16-40(5)18-11-21-60(7)51(66)34-44-49(78-58(72)62-24-28-82(74,75)29-25-62)32-42-46(53(44)80-60)36-64(55(42)68)23-13-20-48(57(70)71)65-37-47-43(56(65)69)33-50(79-59(73)63-26-30-83(76,77)31-27-63)45-35-52(67)61(8,81-54(45)47)22-12-19-41(6)17-10-15-39(3)4/h14-15,18-19,32-33,48,51-52,66-67H,9-13,16-17,20-31,34-37H2,1-8H3,(H,70,71)/b40-18+,41-19+/t48-,51-,52-,60+,61+/m0/s1/i58+1,59+1. The average Bonchev–Trinajstić information content (AvgIpc) is 2.06. The highest BCUT2D eigenvalue weighted by Crippen LogP contribution is 2.49. The van der Waals surface area contributed by atoms with Gasteiger partial charge in [-0.25, -0.2) is 31.2 Å². The Kier molecular flexibility index (Phi) is 19.3. The van der Waals surface area contributed by atoms with Crippen LogP contribution in [0.25, 0.3) is 0 Å². The van der Waals surface area contributed by atoms with Crippen molar-refractivity contribution in [2.45, 2.75) is 175 Å². The molecule has 6 aliphatic heterocycles. The lowest BCUT2D eigenvalue weighted by Crippen LogP contribution is -2.49. The molecule has 5 atom stereocenters. The Balaban J connectivity index is 1.02. The summed E-state index contributed by atoms with van der Waals surface area (Å²) in [6.45, 7) is 15.5. The minimum Gasteiger partial charge on any atom is -0.484 e. The van der Waals surface area contributed by atoms with E-state index in [4.69, 9.17) is 18.9 Å². The summed E-state index contributed by atoms with van der Waals surface area (Å²) in [4.78, 5) is 75.0. The molecule has 454 valence electrons. The first kappa shape index (κ1) is 62.8. The molecule has 3 N–H and O–H groups in total. The Hall–Kier alpha value is -6.23. The number of carbonyl (C=O) groups excluding carboxylic acids is 4. The lowest BCUT2D eigenvalue weighted by Gasteiger charge is -2.41. The van der Waals surface area contributed by atoms with Gasteiger partial charge in [0.2, 0.25) is 0 Å². The zero-order valence-electron chi connectivity index (χ0n) is 49.2. The van der Waals surface area contributed by atoms with Gasteiger partial charge in [0.15, 0.2) is 19.7 Å². The van der Waals surface area contributed by atoms with Crippen LogP contribution in [0.5, 0.6) is 23.0 Å². The van der Waals surface area contributed by atoms with Crippen molar-refractivity contribution in [1.29, 1.82) is 0 Å². The molecule has 2 fully saturated rings. The van der Waals surface area contributed by atoms with Crippen molar-refractivity contribution in [2.24, 2.45) is 0 Å². The maximum Gasteiger partial charge on any atom is 0.415 e. The summed E-state index contributed by atoms with van der Waals surface area (Å²) < 4.78 is 74.2. The number of allylic oxidation sites excluding steroid dienone is 8. The van der Waals surface area contributed by atoms with Crippen LogP contribution in [0.4, 0.5) is 9.59 Å². The van der Waals surface area contributed by atoms with Crippen LogP contribution in [-0.2, 0) is 50.4 Å². The highest BCUT2D eigenvalue weighted by molar-refractivity contribution is 7.91. The first-order valence-corrected chi connectivity index (χ1v) is 32.6. The molecule has 2 aromatic rings. The molecule has 83 heavy (non-hydrogen) atoms. The third-order valence-electron chi connectivity index (χ3n) is 17.1. The highest BCUT2D eigenvalue weighted by Gasteiger charge is 2.48. The molecule has 0 aromatic heterocycles. The Bertz CT molecular complexity index is 3220. The molecule has 8 rings (SSSR count). The number of carbonyl (C=O) groups is 5. The van der Waals surface area contributed by atoms with Gasteiger partial charge >= 0.3 is 18.2 Å². The number of amides is 4. The fourth-order valence-corrected chi connectivity index (χ4v) is 14.1. The zero-order chi connectivity index (χ0) is 60.3. The number of aliphatic hydroxyl groups excluding tert-OH is 2. The smallest absolute Gasteiger partial charge is 0.415 e. The van der Waals surface area contributed by atoms with Gasteiger partial charge in [0, 0.05) is 67.8 Å². The molecule has 22 heteroatoms. The Morgan fingerprint density at radius 2 is 1.06 bits per heavy atom. The van der Waals surface area contributed by atoms with Crippen molar-refractivity contribution < 1.29 is 75.1 Å². The molecule has 2 aromatic carbocycles. The van der Waals surface area contributed by atoms with Crippen molar-refractivity contribution >= 4 is 49.6 Å². The molecule has 2 saturated heterocycles. The molecule has 20 nitrogen and oxygen atoms in total. The summed E-state index contributed by atoms with van der Waals surface area (Å²) in [5.41, 5.74) is 4.36. The van der Waals surface area contributed by atoms with E-state index in [9.17, 15) is 56.1 Å². The fourth-order valence-electron chi connectivity index (χ4n) is 11.7. The molecule has 0 radical (unpaired) electrons. The van der Waals surface area contributed by atoms with E-state index >= 15 is 0 Å². The number of fused-ring (bicyclic) bond motifs is 6. The second-order valence-electron chi connectivity index (χ2n) is 24.2. The summed E-state index contributed by atoms with van der Waals surface area (Å²) in [5, 5.41) is 34.3. The van der Waals surface area contributed by atoms with E-state index in [-0.39, 0.29) is 123 Å². The van der Waals surface area contributed by atoms with Crippen LogP contribution >= 0.6 is 0 Å². The maximum absolute atomic E-state index is 14.6. The number of benzene rings is 2. The molecular weight excluding hydrogens is 1110 g/mol. The van der Waals surface area contributed by atoms with Crippen LogP contribution < -0.4 is 18.9 Å². The highest BCUT2D eigenvalue weighted by atomic mass is 32.2. The van der Waals surface area contributed by atoms with Gasteiger partial charge < -0.3 is 53.9 Å². The van der Waals surface area contributed by atoms with Gasteiger partial charge in [-0.2, -0.15) is 0 Å². The van der Waals surface area contributed by atoms with Crippen molar-refractivity contribution in [3.63, 3.8) is 0 Å². The molecule has 0 spiro atoms. The number of sulfone groups is 2. The SMILES string of the molecule is CC(C)=CCC/C(C)=C/CC[C@@]1(C)Oc2c(c(O[13C](=O)N3CCS(=O)(=O)CC3)cc3c2CN(CCC[C@@H](C(=O)O)N2Cc4c(cc(O[13C](=O)N5CCS(=O)(=O)CC5)c5c4O[C@](C)(CC/C=C(\C)CCC=C(C)C)[C@@H](O)C5)C2=O)C3=O)C[C@@H]1O. The molecular formula is C61H82N4O16S2. The minimum absolute atomic E-state index is 0.0000629. The second kappa shape index (κ2) is 25.5. The summed E-state index contributed by atoms with van der Waals surface area (Å²) in [6.07, 6.45) is 10.3. The van der Waals surface area contributed by atoms with E-state index in [1.807, 2.05) is 27.7 Å². The van der Waals surface area contributed by atoms with Gasteiger partial charge in [-0.1, -0.05) is 46.6 Å². The molecule has 0 aliphatic carbocycles. The molecule has 0 bridgehead atoms. The number of carboxylic acids is 1. The van der Waals surface area contributed by atoms with Crippen LogP contribution in [-0.4, -0.2) is 167 Å². The van der Waals surface area contributed by atoms with Crippen molar-refractivity contribution in [1.82, 2.24) is 19.6 Å². The van der Waals surface area contributed by atoms with Crippen LogP contribution in [0.1, 0.15) is 163 Å². The Morgan fingerprint density at radius 1 is 0.639 bits per heavy atom. The fraction of sp³-hybridized carbons (Fsp3) is 0.590. The number of rotatable bonds is 20. The maximum atomic E-state index is 14.6. The van der Waals surface area contributed by atoms with Crippen molar-refractivity contribution in [2.75, 3.05) is 55.7 Å². The van der Waals surface area contributed by atoms with E-state index in [0.717, 1.165) is 25.7 Å². The minimum atomic E-state index is -3.34. The van der Waals surface area contributed by atoms with E-state index in [1.165, 1.54) is 54.0 Å². The van der Waals surface area contributed by atoms with Gasteiger partial charge in [-0.3, -0.25) is 9.59 Å². The van der Waals surface area contributed by atoms with Gasteiger partial charge in [-0.15, -0.1) is 0 Å². The molecule has 4 amide bonds. The van der Waals surface area contributed by atoms with Crippen molar-refractivity contribution in [3.8, 4) is 23.0 Å². The third kappa shape index (κ3) is 14.6. The summed E-state index contributed by atoms with van der Waals surface area (Å²) in [6, 6.07) is 1.42. The average molecular weight is 1190 g/mol. The van der Waals surface area contributed by atoms with Crippen LogP contribution in [0.2, 0.25) is 0 Å². The number of hydrogen-bond donors (Lipinski definition) is 3. The van der Waals surface area contributed by atoms with Crippen molar-refractivity contribution in [3.05, 3.63) is 92.1 Å². The third-order valence-corrected chi connectivity index (χ3v) is 20.3. The Morgan fingerprint density at radius 3 is 1.48 bits per heavy atom. The normalized spacial score (nSPS) is 23.9. The lowest BCUT2D eigenvalue weighted by atomic mass is 9.84. The molecule has 0 unspecified atom stereocenters. The number of aliphatic carboxylic acids is 1. The van der Waals surface area contributed by atoms with E-state index in [2.05, 4.69) is 45.1 Å². The number of nitrogens with zero attached hydrogens (tertiary/aromatic N) is 4. The number of ether oxygens (including phenoxy) is 4. The van der Waals surface area contributed by atoms with E-state index in [0.29, 0.717) is 53.7 Å². The predicted molar refractivity (Wildman–Crippen MR) is 311 cm³/mol. The number of carboxylic acid groups (broad SMARTS) is 1. The largest absolute Gasteiger partial charge is 0.484 e. The number of aliphatic hydroxyl groups is 2. The molecule has 0 saturated carbocycles. The molecule has 6 aliphatic rings. The lowest BCUT2D eigenvalue weighted by molar-refractivity contribution is -0.142. The van der Waals surface area contributed by atoms with Crippen LogP contribution in [0, 0.1) is 0 Å². The summed E-state index contributed by atoms with van der Waals surface area (Å²) in [7, 11) is -6.66. The summed E-state index contributed by atoms with van der Waals surface area (Å²) in [5.74, 6) is -2.92. The molecule has 6 heterocycles. The van der Waals surface area contributed by atoms with E-state index in [1.54, 1.807) is 6.92 Å². The van der Waals surface area contributed by atoms with Gasteiger partial charge in [-0.05, 0) is 132 Å². The van der Waals surface area contributed by atoms with Crippen LogP contribution in [0.3, 0.4) is 0 Å². The Labute approximate surface area is 488 Å². The quantitative estimate of drug-likeness (QED) is 0.0836. The summed E-state index contributed by atoms with van der Waals surface area (Å²) >= 11 is 0. The second-order valence-corrected chi connectivity index (χ2v) is 28.8. The first-order chi connectivity index (χ1) is 39.1. The number of hydrogen-bond acceptors (Lipinski definition) is 15. The van der Waals surface area contributed by atoms with Gasteiger partial charge in [0.1, 0.15) is 40.2 Å². The first-order valence-electron chi connectivity index (χ1n) is 28.9. The van der Waals surface area contributed by atoms with E-state index < -0.39 is 79.1 Å². The zero-order valence-corrected chi connectivity index (χ0v) is 50.8.